The van der Waals surface area contributed by atoms with Gasteiger partial charge in [-0.3, -0.25) is 9.69 Å². The van der Waals surface area contributed by atoms with Gasteiger partial charge in [-0.05, 0) is 64.8 Å². The van der Waals surface area contributed by atoms with E-state index in [1.165, 1.54) is 24.5 Å². The molecule has 2 saturated heterocycles. The number of rotatable bonds is 15. The number of ether oxygens (including phenoxy) is 2. The minimum atomic E-state index is -0.514. The van der Waals surface area contributed by atoms with Crippen LogP contribution in [-0.2, 0) is 4.74 Å². The first-order chi connectivity index (χ1) is 21.0. The van der Waals surface area contributed by atoms with E-state index in [0.29, 0.717) is 31.6 Å². The van der Waals surface area contributed by atoms with Crippen LogP contribution in [0, 0.1) is 17.2 Å². The third-order valence-electron chi connectivity index (χ3n) is 9.27. The van der Waals surface area contributed by atoms with Gasteiger partial charge in [0.25, 0.3) is 11.8 Å². The van der Waals surface area contributed by atoms with Crippen LogP contribution in [0.25, 0.3) is 0 Å². The summed E-state index contributed by atoms with van der Waals surface area (Å²) in [7, 11) is 3.71. The smallest absolute Gasteiger partial charge is 0.282 e. The highest BCUT2D eigenvalue weighted by atomic mass is 19.1. The van der Waals surface area contributed by atoms with E-state index < -0.39 is 11.9 Å². The van der Waals surface area contributed by atoms with Gasteiger partial charge < -0.3 is 29.3 Å². The Kier molecular flexibility index (Phi) is 11.5. The molecule has 0 radical (unpaired) electrons. The zero-order valence-corrected chi connectivity index (χ0v) is 27.4. The van der Waals surface area contributed by atoms with E-state index in [4.69, 9.17) is 9.47 Å². The zero-order valence-electron chi connectivity index (χ0n) is 27.4. The molecule has 0 aliphatic carbocycles. The van der Waals surface area contributed by atoms with E-state index in [1.807, 2.05) is 27.8 Å². The molecule has 3 heterocycles. The molecule has 2 aromatic rings. The maximum atomic E-state index is 14.3. The van der Waals surface area contributed by atoms with Crippen molar-refractivity contribution in [3.63, 3.8) is 0 Å². The second-order valence-corrected chi connectivity index (χ2v) is 12.7. The highest BCUT2D eigenvalue weighted by molar-refractivity contribution is 5.97. The van der Waals surface area contributed by atoms with E-state index in [-0.39, 0.29) is 40.5 Å². The molecule has 1 unspecified atom stereocenters. The Morgan fingerprint density at radius 3 is 2.61 bits per heavy atom. The zero-order chi connectivity index (χ0) is 32.0. The highest BCUT2D eigenvalue weighted by Crippen LogP contribution is 2.44. The van der Waals surface area contributed by atoms with Crippen molar-refractivity contribution in [2.24, 2.45) is 11.3 Å². The lowest BCUT2D eigenvalue weighted by Crippen LogP contribution is -2.63. The van der Waals surface area contributed by atoms with Crippen LogP contribution in [0.2, 0.25) is 0 Å². The van der Waals surface area contributed by atoms with Crippen molar-refractivity contribution >= 4 is 11.7 Å². The lowest BCUT2D eigenvalue weighted by atomic mass is 9.76. The van der Waals surface area contributed by atoms with E-state index in [1.54, 1.807) is 12.0 Å². The summed E-state index contributed by atoms with van der Waals surface area (Å²) in [5, 5.41) is 19.2. The number of aliphatic hydroxyl groups excluding tert-OH is 1. The van der Waals surface area contributed by atoms with Crippen LogP contribution in [0.4, 0.5) is 10.2 Å². The molecule has 1 aromatic heterocycles. The standard InChI is InChI=1S/C32H50FN7O4/c1-8-26(23(5)27(41)17-37(6)14-15-43-7)39-19-32(20-39)12-13-38(18-32)29-30(36-35-21-34-29)44-28-11-10-24(33)16-25(28)31(42)40(9-2)22(3)4/h10-11,16,21-23,26-27,41H,8-9,12-15,17-20H2,1-7H3/t23?,26-,27-/m1/s1. The summed E-state index contributed by atoms with van der Waals surface area (Å²) in [6.07, 6.45) is 2.95. The summed E-state index contributed by atoms with van der Waals surface area (Å²) in [6.45, 7) is 16.1. The van der Waals surface area contributed by atoms with Gasteiger partial charge in [0.2, 0.25) is 0 Å². The Bertz CT molecular complexity index is 1240. The van der Waals surface area contributed by atoms with Gasteiger partial charge in [-0.1, -0.05) is 13.8 Å². The molecular formula is C32H50FN7O4. The molecule has 2 aliphatic heterocycles. The molecule has 44 heavy (non-hydrogen) atoms. The minimum absolute atomic E-state index is 0.0546. The number of amides is 1. The first-order valence-corrected chi connectivity index (χ1v) is 15.8. The van der Waals surface area contributed by atoms with Gasteiger partial charge in [0.1, 0.15) is 17.9 Å². The number of hydrogen-bond donors (Lipinski definition) is 1. The molecule has 1 N–H and O–H groups in total. The molecule has 1 amide bonds. The van der Waals surface area contributed by atoms with Gasteiger partial charge in [-0.25, -0.2) is 9.37 Å². The number of benzene rings is 1. The molecule has 1 aromatic carbocycles. The topological polar surface area (TPSA) is 107 Å². The normalized spacial score (nSPS) is 18.5. The quantitative estimate of drug-likeness (QED) is 0.320. The predicted octanol–water partition coefficient (Wildman–Crippen LogP) is 3.54. The maximum absolute atomic E-state index is 14.3. The third-order valence-corrected chi connectivity index (χ3v) is 9.27. The fourth-order valence-corrected chi connectivity index (χ4v) is 6.77. The molecule has 2 fully saturated rings. The average molecular weight is 616 g/mol. The number of halogens is 1. The summed E-state index contributed by atoms with van der Waals surface area (Å²) in [5.74, 6) is 0.279. The fraction of sp³-hybridized carbons (Fsp3) is 0.688. The van der Waals surface area contributed by atoms with Gasteiger partial charge in [0.15, 0.2) is 5.82 Å². The van der Waals surface area contributed by atoms with Crippen LogP contribution in [0.3, 0.4) is 0 Å². The lowest BCUT2D eigenvalue weighted by Gasteiger charge is -2.53. The van der Waals surface area contributed by atoms with Gasteiger partial charge in [-0.15, -0.1) is 10.2 Å². The van der Waals surface area contributed by atoms with Crippen molar-refractivity contribution in [3.8, 4) is 11.6 Å². The van der Waals surface area contributed by atoms with E-state index in [9.17, 15) is 14.3 Å². The SMILES string of the molecule is CC[C@H](C(C)[C@H](O)CN(C)CCOC)N1CC2(CCN(c3ncnnc3Oc3ccc(F)cc3C(=O)N(CC)C(C)C)C2)C1. The van der Waals surface area contributed by atoms with E-state index in [0.717, 1.165) is 45.6 Å². The van der Waals surface area contributed by atoms with Crippen LogP contribution in [0.1, 0.15) is 57.8 Å². The average Bonchev–Trinajstić information content (AvgIpc) is 3.43. The number of carbonyl (C=O) groups is 1. The van der Waals surface area contributed by atoms with Crippen LogP contribution < -0.4 is 9.64 Å². The Hall–Kier alpha value is -2.93. The number of methoxy groups -OCH3 is 1. The molecule has 11 nitrogen and oxygen atoms in total. The summed E-state index contributed by atoms with van der Waals surface area (Å²) >= 11 is 0. The van der Waals surface area contributed by atoms with Crippen molar-refractivity contribution in [1.82, 2.24) is 29.9 Å². The number of nitrogens with zero attached hydrogens (tertiary/aromatic N) is 7. The number of anilines is 1. The van der Waals surface area contributed by atoms with Crippen LogP contribution in [0.15, 0.2) is 24.5 Å². The summed E-state index contributed by atoms with van der Waals surface area (Å²) < 4.78 is 25.6. The lowest BCUT2D eigenvalue weighted by molar-refractivity contribution is -0.0598. The van der Waals surface area contributed by atoms with E-state index in [2.05, 4.69) is 43.7 Å². The predicted molar refractivity (Wildman–Crippen MR) is 168 cm³/mol. The molecule has 1 spiro atoms. The molecule has 3 atom stereocenters. The number of carbonyl (C=O) groups excluding carboxylic acids is 1. The first-order valence-electron chi connectivity index (χ1n) is 15.8. The van der Waals surface area contributed by atoms with Crippen molar-refractivity contribution in [2.75, 3.05) is 71.5 Å². The van der Waals surface area contributed by atoms with Crippen molar-refractivity contribution in [3.05, 3.63) is 35.9 Å². The Balaban J connectivity index is 1.43. The highest BCUT2D eigenvalue weighted by Gasteiger charge is 2.51. The Morgan fingerprint density at radius 1 is 1.20 bits per heavy atom. The minimum Gasteiger partial charge on any atom is -0.434 e. The molecule has 0 saturated carbocycles. The molecule has 12 heteroatoms. The number of aliphatic hydroxyl groups is 1. The van der Waals surface area contributed by atoms with Crippen molar-refractivity contribution in [1.29, 1.82) is 0 Å². The number of aromatic nitrogens is 3. The number of likely N-dealkylation sites (tertiary alicyclic amines) is 1. The summed E-state index contributed by atoms with van der Waals surface area (Å²) in [6, 6.07) is 4.18. The maximum Gasteiger partial charge on any atom is 0.282 e. The van der Waals surface area contributed by atoms with Gasteiger partial charge in [-0.2, -0.15) is 0 Å². The third kappa shape index (κ3) is 7.64. The van der Waals surface area contributed by atoms with Crippen LogP contribution in [-0.4, -0.2) is 126 Å². The summed E-state index contributed by atoms with van der Waals surface area (Å²) in [5.41, 5.74) is 0.252. The molecular weight excluding hydrogens is 565 g/mol. The number of likely N-dealkylation sites (N-methyl/N-ethyl adjacent to an activating group) is 1. The molecule has 0 bridgehead atoms. The van der Waals surface area contributed by atoms with Gasteiger partial charge in [0, 0.05) is 70.4 Å². The fourth-order valence-electron chi connectivity index (χ4n) is 6.77. The van der Waals surface area contributed by atoms with Gasteiger partial charge >= 0.3 is 0 Å². The van der Waals surface area contributed by atoms with Crippen molar-refractivity contribution < 1.29 is 23.8 Å². The first kappa shape index (κ1) is 34.0. The Labute approximate surface area is 261 Å². The summed E-state index contributed by atoms with van der Waals surface area (Å²) in [4.78, 5) is 26.3. The Morgan fingerprint density at radius 2 is 1.95 bits per heavy atom. The molecule has 2 aliphatic rings. The second-order valence-electron chi connectivity index (χ2n) is 12.7. The number of hydrogen-bond acceptors (Lipinski definition) is 10. The largest absolute Gasteiger partial charge is 0.434 e. The van der Waals surface area contributed by atoms with E-state index >= 15 is 0 Å². The monoisotopic (exact) mass is 615 g/mol. The molecule has 244 valence electrons. The molecule has 4 rings (SSSR count). The van der Waals surface area contributed by atoms with Crippen LogP contribution >= 0.6 is 0 Å². The van der Waals surface area contributed by atoms with Gasteiger partial charge in [0.05, 0.1) is 18.3 Å². The van der Waals surface area contributed by atoms with Crippen molar-refractivity contribution in [2.45, 2.75) is 65.6 Å². The van der Waals surface area contributed by atoms with Crippen LogP contribution in [0.5, 0.6) is 11.6 Å². The second kappa shape index (κ2) is 14.9.